The fourth-order valence-electron chi connectivity index (χ4n) is 3.45. The summed E-state index contributed by atoms with van der Waals surface area (Å²) >= 11 is 0. The number of aryl methyl sites for hydroxylation is 1. The number of furan rings is 1. The molecule has 0 aliphatic rings. The zero-order valence-electron chi connectivity index (χ0n) is 19.2. The molecule has 1 unspecified atom stereocenters. The molecule has 3 aromatic rings. The highest BCUT2D eigenvalue weighted by Gasteiger charge is 2.28. The number of nitrogens with one attached hydrogen (secondary N) is 2. The van der Waals surface area contributed by atoms with E-state index in [4.69, 9.17) is 4.42 Å². The van der Waals surface area contributed by atoms with Crippen LogP contribution in [0.25, 0.3) is 0 Å². The van der Waals surface area contributed by atoms with Crippen molar-refractivity contribution in [2.24, 2.45) is 0 Å². The molecule has 0 radical (unpaired) electrons. The van der Waals surface area contributed by atoms with Crippen LogP contribution in [0.3, 0.4) is 0 Å². The van der Waals surface area contributed by atoms with E-state index in [1.54, 1.807) is 12.1 Å². The van der Waals surface area contributed by atoms with Crippen LogP contribution < -0.4 is 10.6 Å². The van der Waals surface area contributed by atoms with Gasteiger partial charge in [-0.1, -0.05) is 30.3 Å². The maximum absolute atomic E-state index is 13.3. The summed E-state index contributed by atoms with van der Waals surface area (Å²) < 4.78 is 33.1. The molecule has 0 aliphatic carbocycles. The van der Waals surface area contributed by atoms with Gasteiger partial charge in [0.15, 0.2) is 0 Å². The molecule has 0 aliphatic heterocycles. The summed E-state index contributed by atoms with van der Waals surface area (Å²) in [7, 11) is -4.01. The minimum Gasteiger partial charge on any atom is -0.468 e. The topological polar surface area (TPSA) is 109 Å². The Morgan fingerprint density at radius 3 is 2.32 bits per heavy atom. The van der Waals surface area contributed by atoms with Crippen LogP contribution in [0.5, 0.6) is 0 Å². The molecule has 1 atom stereocenters. The van der Waals surface area contributed by atoms with Gasteiger partial charge in [-0.25, -0.2) is 8.42 Å². The summed E-state index contributed by atoms with van der Waals surface area (Å²) in [5, 5.41) is 5.49. The number of amides is 2. The summed E-state index contributed by atoms with van der Waals surface area (Å²) in [5.41, 5.74) is 1.65. The summed E-state index contributed by atoms with van der Waals surface area (Å²) in [6.45, 7) is 2.82. The molecule has 2 aromatic carbocycles. The lowest BCUT2D eigenvalue weighted by atomic mass is 10.1. The number of benzene rings is 2. The van der Waals surface area contributed by atoms with Crippen molar-refractivity contribution in [3.63, 3.8) is 0 Å². The molecule has 0 fully saturated rings. The highest BCUT2D eigenvalue weighted by molar-refractivity contribution is 7.89. The van der Waals surface area contributed by atoms with Crippen molar-refractivity contribution >= 4 is 27.5 Å². The van der Waals surface area contributed by atoms with Crippen LogP contribution in [0.2, 0.25) is 0 Å². The second-order valence-corrected chi connectivity index (χ2v) is 9.99. The molecule has 9 heteroatoms. The molecule has 0 saturated carbocycles. The monoisotopic (exact) mass is 483 g/mol. The summed E-state index contributed by atoms with van der Waals surface area (Å²) in [6.07, 6.45) is 2.98. The molecule has 3 rings (SSSR count). The number of nitrogens with zero attached hydrogens (tertiary/aromatic N) is 1. The third-order valence-corrected chi connectivity index (χ3v) is 6.97. The number of anilines is 1. The molecule has 2 N–H and O–H groups in total. The van der Waals surface area contributed by atoms with Crippen LogP contribution in [0.4, 0.5) is 5.69 Å². The molecule has 34 heavy (non-hydrogen) atoms. The van der Waals surface area contributed by atoms with Gasteiger partial charge < -0.3 is 15.1 Å². The van der Waals surface area contributed by atoms with Crippen LogP contribution in [0, 0.1) is 0 Å². The van der Waals surface area contributed by atoms with Crippen molar-refractivity contribution < 1.29 is 22.4 Å². The lowest BCUT2D eigenvalue weighted by Crippen LogP contribution is -2.43. The molecule has 0 spiro atoms. The summed E-state index contributed by atoms with van der Waals surface area (Å²) in [4.78, 5) is 24.0. The Balaban J connectivity index is 1.69. The molecule has 1 heterocycles. The average Bonchev–Trinajstić information content (AvgIpc) is 3.31. The van der Waals surface area contributed by atoms with E-state index < -0.39 is 15.9 Å². The Morgan fingerprint density at radius 1 is 1.00 bits per heavy atom. The smallest absolute Gasteiger partial charge is 0.243 e. The van der Waals surface area contributed by atoms with Gasteiger partial charge in [-0.2, -0.15) is 4.31 Å². The van der Waals surface area contributed by atoms with E-state index in [1.807, 2.05) is 37.3 Å². The van der Waals surface area contributed by atoms with Crippen molar-refractivity contribution in [2.75, 3.05) is 11.9 Å². The fraction of sp³-hybridized carbons (Fsp3) is 0.280. The molecule has 180 valence electrons. The van der Waals surface area contributed by atoms with Crippen molar-refractivity contribution in [1.29, 1.82) is 0 Å². The second-order valence-electron chi connectivity index (χ2n) is 8.05. The molecule has 1 aromatic heterocycles. The number of hydrogen-bond donors (Lipinski definition) is 2. The number of carbonyl (C=O) groups is 2. The van der Waals surface area contributed by atoms with Crippen molar-refractivity contribution in [2.45, 2.75) is 44.2 Å². The lowest BCUT2D eigenvalue weighted by molar-refractivity contribution is -0.122. The van der Waals surface area contributed by atoms with E-state index >= 15 is 0 Å². The Morgan fingerprint density at radius 2 is 1.71 bits per heavy atom. The summed E-state index contributed by atoms with van der Waals surface area (Å²) in [5.74, 6) is -0.234. The van der Waals surface area contributed by atoms with Gasteiger partial charge in [0.05, 0.1) is 24.2 Å². The highest BCUT2D eigenvalue weighted by Crippen LogP contribution is 2.21. The SMILES string of the molecule is CC(=O)Nc1ccc(S(=O)(=O)N(CC(=O)NC(C)CCc2ccccc2)Cc2ccco2)cc1. The Labute approximate surface area is 200 Å². The van der Waals surface area contributed by atoms with Crippen molar-refractivity contribution in [3.8, 4) is 0 Å². The quantitative estimate of drug-likeness (QED) is 0.433. The molecule has 2 amide bonds. The molecular weight excluding hydrogens is 454 g/mol. The molecular formula is C25H29N3O5S. The zero-order chi connectivity index (χ0) is 24.6. The third kappa shape index (κ3) is 7.29. The van der Waals surface area contributed by atoms with E-state index in [0.717, 1.165) is 17.1 Å². The van der Waals surface area contributed by atoms with Crippen LogP contribution in [-0.4, -0.2) is 37.1 Å². The normalized spacial score (nSPS) is 12.3. The third-order valence-electron chi connectivity index (χ3n) is 5.16. The van der Waals surface area contributed by atoms with Crippen LogP contribution in [0.15, 0.2) is 82.3 Å². The predicted octanol–water partition coefficient (Wildman–Crippen LogP) is 3.57. The van der Waals surface area contributed by atoms with E-state index in [9.17, 15) is 18.0 Å². The van der Waals surface area contributed by atoms with Gasteiger partial charge in [-0.15, -0.1) is 0 Å². The largest absolute Gasteiger partial charge is 0.468 e. The molecule has 8 nitrogen and oxygen atoms in total. The highest BCUT2D eigenvalue weighted by atomic mass is 32.2. The van der Waals surface area contributed by atoms with E-state index in [0.29, 0.717) is 11.4 Å². The number of carbonyl (C=O) groups excluding carboxylic acids is 2. The van der Waals surface area contributed by atoms with Crippen molar-refractivity contribution in [3.05, 3.63) is 84.3 Å². The Hall–Kier alpha value is -3.43. The number of hydrogen-bond acceptors (Lipinski definition) is 5. The Bertz CT molecular complexity index is 1180. The maximum Gasteiger partial charge on any atom is 0.243 e. The van der Waals surface area contributed by atoms with E-state index in [-0.39, 0.29) is 29.9 Å². The van der Waals surface area contributed by atoms with Gasteiger partial charge in [-0.05, 0) is 61.7 Å². The van der Waals surface area contributed by atoms with E-state index in [2.05, 4.69) is 10.6 Å². The Kier molecular flexibility index (Phi) is 8.61. The minimum absolute atomic E-state index is 0.0121. The lowest BCUT2D eigenvalue weighted by Gasteiger charge is -2.22. The zero-order valence-corrected chi connectivity index (χ0v) is 20.0. The van der Waals surface area contributed by atoms with E-state index in [1.165, 1.54) is 43.0 Å². The number of sulfonamides is 1. The van der Waals surface area contributed by atoms with Gasteiger partial charge >= 0.3 is 0 Å². The standard InChI is InChI=1S/C25H29N3O5S/c1-19(10-11-21-7-4-3-5-8-21)26-25(30)18-28(17-23-9-6-16-33-23)34(31,32)24-14-12-22(13-15-24)27-20(2)29/h3-9,12-16,19H,10-11,17-18H2,1-2H3,(H,26,30)(H,27,29). The van der Waals surface area contributed by atoms with Gasteiger partial charge in [0.25, 0.3) is 0 Å². The van der Waals surface area contributed by atoms with Crippen molar-refractivity contribution in [1.82, 2.24) is 9.62 Å². The predicted molar refractivity (Wildman–Crippen MR) is 129 cm³/mol. The molecule has 0 bridgehead atoms. The van der Waals surface area contributed by atoms with Gasteiger partial charge in [0, 0.05) is 18.7 Å². The summed E-state index contributed by atoms with van der Waals surface area (Å²) in [6, 6.07) is 19.0. The van der Waals surface area contributed by atoms with Gasteiger partial charge in [-0.3, -0.25) is 9.59 Å². The van der Waals surface area contributed by atoms with Crippen LogP contribution in [0.1, 0.15) is 31.6 Å². The first-order valence-corrected chi connectivity index (χ1v) is 12.4. The first-order chi connectivity index (χ1) is 16.2. The van der Waals surface area contributed by atoms with Crippen LogP contribution >= 0.6 is 0 Å². The first-order valence-electron chi connectivity index (χ1n) is 11.0. The fourth-order valence-corrected chi connectivity index (χ4v) is 4.81. The second kappa shape index (κ2) is 11.6. The van der Waals surface area contributed by atoms with Gasteiger partial charge in [0.1, 0.15) is 5.76 Å². The minimum atomic E-state index is -4.01. The van der Waals surface area contributed by atoms with Gasteiger partial charge in [0.2, 0.25) is 21.8 Å². The van der Waals surface area contributed by atoms with Crippen LogP contribution in [-0.2, 0) is 32.6 Å². The average molecular weight is 484 g/mol. The number of rotatable bonds is 11. The first kappa shape index (κ1) is 25.2. The maximum atomic E-state index is 13.3. The molecule has 0 saturated heterocycles.